The van der Waals surface area contributed by atoms with Gasteiger partial charge < -0.3 is 9.94 Å². The molecule has 3 nitrogen and oxygen atoms in total. The molecule has 0 amide bonds. The molecule has 0 bridgehead atoms. The third kappa shape index (κ3) is 3.66. The van der Waals surface area contributed by atoms with Crippen LogP contribution in [-0.4, -0.2) is 11.4 Å². The molecule has 0 aliphatic carbocycles. The summed E-state index contributed by atoms with van der Waals surface area (Å²) in [6, 6.07) is 10.6. The molecule has 0 atom stereocenters. The van der Waals surface area contributed by atoms with Crippen molar-refractivity contribution in [3.63, 3.8) is 0 Å². The lowest BCUT2D eigenvalue weighted by atomic mass is 10.2. The fourth-order valence-corrected chi connectivity index (χ4v) is 2.62. The van der Waals surface area contributed by atoms with Crippen LogP contribution in [0.15, 0.2) is 46.0 Å². The van der Waals surface area contributed by atoms with E-state index in [9.17, 15) is 0 Å². The van der Waals surface area contributed by atoms with E-state index < -0.39 is 0 Å². The number of nitrogens with zero attached hydrogens (tertiary/aromatic N) is 1. The molecule has 0 radical (unpaired) electrons. The maximum Gasteiger partial charge on any atom is 0.134 e. The van der Waals surface area contributed by atoms with Crippen LogP contribution in [0.2, 0.25) is 10.0 Å². The number of ether oxygens (including phenoxy) is 1. The highest BCUT2D eigenvalue weighted by Gasteiger charge is 2.08. The normalized spacial score (nSPS) is 10.9. The van der Waals surface area contributed by atoms with E-state index in [2.05, 4.69) is 21.1 Å². The standard InChI is InChI=1S/C14H10BrCl2NO2/c15-11-6-9(7-18-19)4-5-14(11)20-8-10-12(16)2-1-3-13(10)17/h1-7,19H,8H2. The quantitative estimate of drug-likeness (QED) is 0.457. The summed E-state index contributed by atoms with van der Waals surface area (Å²) >= 11 is 15.6. The summed E-state index contributed by atoms with van der Waals surface area (Å²) in [5.41, 5.74) is 1.49. The number of benzene rings is 2. The number of oxime groups is 1. The Morgan fingerprint density at radius 1 is 1.20 bits per heavy atom. The molecule has 0 aliphatic heterocycles. The van der Waals surface area contributed by atoms with Crippen LogP contribution in [0, 0.1) is 0 Å². The molecule has 0 spiro atoms. The molecule has 0 unspecified atom stereocenters. The van der Waals surface area contributed by atoms with E-state index in [1.54, 1.807) is 36.4 Å². The lowest BCUT2D eigenvalue weighted by Crippen LogP contribution is -1.98. The molecule has 104 valence electrons. The first-order valence-corrected chi connectivity index (χ1v) is 7.19. The van der Waals surface area contributed by atoms with E-state index in [1.165, 1.54) is 6.21 Å². The van der Waals surface area contributed by atoms with Gasteiger partial charge in [0, 0.05) is 15.6 Å². The predicted octanol–water partition coefficient (Wildman–Crippen LogP) is 5.14. The molecule has 2 rings (SSSR count). The minimum atomic E-state index is 0.268. The second kappa shape index (κ2) is 6.97. The summed E-state index contributed by atoms with van der Waals surface area (Å²) in [5.74, 6) is 0.649. The molecule has 1 N–H and O–H groups in total. The van der Waals surface area contributed by atoms with Gasteiger partial charge in [0.05, 0.1) is 10.7 Å². The highest BCUT2D eigenvalue weighted by atomic mass is 79.9. The first kappa shape index (κ1) is 15.2. The second-order valence-corrected chi connectivity index (χ2v) is 5.59. The van der Waals surface area contributed by atoms with Gasteiger partial charge >= 0.3 is 0 Å². The molecule has 0 aromatic heterocycles. The summed E-state index contributed by atoms with van der Waals surface area (Å²) in [6.07, 6.45) is 1.33. The highest BCUT2D eigenvalue weighted by Crippen LogP contribution is 2.29. The molecule has 0 aliphatic rings. The van der Waals surface area contributed by atoms with Crippen LogP contribution < -0.4 is 4.74 Å². The maximum atomic E-state index is 8.49. The van der Waals surface area contributed by atoms with Gasteiger partial charge in [0.15, 0.2) is 0 Å². The van der Waals surface area contributed by atoms with E-state index in [0.29, 0.717) is 15.8 Å². The van der Waals surface area contributed by atoms with Crippen molar-refractivity contribution >= 4 is 45.3 Å². The zero-order chi connectivity index (χ0) is 14.5. The molecule has 0 saturated heterocycles. The van der Waals surface area contributed by atoms with E-state index in [-0.39, 0.29) is 6.61 Å². The number of hydrogen-bond donors (Lipinski definition) is 1. The zero-order valence-electron chi connectivity index (χ0n) is 10.2. The van der Waals surface area contributed by atoms with Crippen molar-refractivity contribution in [1.29, 1.82) is 0 Å². The Balaban J connectivity index is 2.15. The first-order valence-electron chi connectivity index (χ1n) is 5.64. The Hall–Kier alpha value is -1.23. The summed E-state index contributed by atoms with van der Waals surface area (Å²) in [7, 11) is 0. The molecule has 0 fully saturated rings. The van der Waals surface area contributed by atoms with Gasteiger partial charge in [-0.1, -0.05) is 34.4 Å². The molecule has 20 heavy (non-hydrogen) atoms. The van der Waals surface area contributed by atoms with Crippen molar-refractivity contribution in [3.8, 4) is 5.75 Å². The number of rotatable bonds is 4. The minimum absolute atomic E-state index is 0.268. The molecule has 0 heterocycles. The monoisotopic (exact) mass is 373 g/mol. The van der Waals surface area contributed by atoms with Crippen LogP contribution in [0.4, 0.5) is 0 Å². The van der Waals surface area contributed by atoms with Crippen LogP contribution in [-0.2, 0) is 6.61 Å². The second-order valence-electron chi connectivity index (χ2n) is 3.92. The van der Waals surface area contributed by atoms with E-state index in [1.807, 2.05) is 0 Å². The van der Waals surface area contributed by atoms with E-state index >= 15 is 0 Å². The zero-order valence-corrected chi connectivity index (χ0v) is 13.3. The Bertz CT molecular complexity index is 627. The number of halogens is 3. The Morgan fingerprint density at radius 2 is 1.90 bits per heavy atom. The predicted molar refractivity (Wildman–Crippen MR) is 84.3 cm³/mol. The maximum absolute atomic E-state index is 8.49. The van der Waals surface area contributed by atoms with Crippen molar-refractivity contribution < 1.29 is 9.94 Å². The average molecular weight is 375 g/mol. The lowest BCUT2D eigenvalue weighted by molar-refractivity contribution is 0.304. The van der Waals surface area contributed by atoms with Gasteiger partial charge in [0.25, 0.3) is 0 Å². The van der Waals surface area contributed by atoms with Gasteiger partial charge in [-0.15, -0.1) is 0 Å². The Labute approximate surface area is 134 Å². The van der Waals surface area contributed by atoms with Crippen molar-refractivity contribution in [2.75, 3.05) is 0 Å². The van der Waals surface area contributed by atoms with Crippen LogP contribution in [0.5, 0.6) is 5.75 Å². The summed E-state index contributed by atoms with van der Waals surface area (Å²) in [6.45, 7) is 0.268. The van der Waals surface area contributed by atoms with Crippen molar-refractivity contribution in [2.45, 2.75) is 6.61 Å². The van der Waals surface area contributed by atoms with Crippen molar-refractivity contribution in [1.82, 2.24) is 0 Å². The van der Waals surface area contributed by atoms with Gasteiger partial charge in [-0.3, -0.25) is 0 Å². The number of hydrogen-bond acceptors (Lipinski definition) is 3. The topological polar surface area (TPSA) is 41.8 Å². The molecule has 2 aromatic carbocycles. The van der Waals surface area contributed by atoms with Gasteiger partial charge in [-0.05, 0) is 51.8 Å². The third-order valence-electron chi connectivity index (χ3n) is 2.60. The van der Waals surface area contributed by atoms with Crippen LogP contribution in [0.25, 0.3) is 0 Å². The van der Waals surface area contributed by atoms with Gasteiger partial charge in [0.2, 0.25) is 0 Å². The van der Waals surface area contributed by atoms with Gasteiger partial charge in [0.1, 0.15) is 12.4 Å². The van der Waals surface area contributed by atoms with Crippen LogP contribution >= 0.6 is 39.1 Å². The van der Waals surface area contributed by atoms with Crippen molar-refractivity contribution in [3.05, 3.63) is 62.0 Å². The smallest absolute Gasteiger partial charge is 0.134 e. The Kier molecular flexibility index (Phi) is 5.29. The largest absolute Gasteiger partial charge is 0.488 e. The highest BCUT2D eigenvalue weighted by molar-refractivity contribution is 9.10. The van der Waals surface area contributed by atoms with E-state index in [4.69, 9.17) is 33.1 Å². The molecule has 6 heteroatoms. The lowest BCUT2D eigenvalue weighted by Gasteiger charge is -2.11. The average Bonchev–Trinajstić information content (AvgIpc) is 2.40. The van der Waals surface area contributed by atoms with Crippen LogP contribution in [0.3, 0.4) is 0 Å². The van der Waals surface area contributed by atoms with Gasteiger partial charge in [-0.25, -0.2) is 0 Å². The fraction of sp³-hybridized carbons (Fsp3) is 0.0714. The summed E-state index contributed by atoms with van der Waals surface area (Å²) < 4.78 is 6.44. The Morgan fingerprint density at radius 3 is 2.50 bits per heavy atom. The molecular weight excluding hydrogens is 365 g/mol. The third-order valence-corrected chi connectivity index (χ3v) is 3.92. The summed E-state index contributed by atoms with van der Waals surface area (Å²) in [5, 5.41) is 12.6. The summed E-state index contributed by atoms with van der Waals surface area (Å²) in [4.78, 5) is 0. The minimum Gasteiger partial charge on any atom is -0.488 e. The first-order chi connectivity index (χ1) is 9.61. The fourth-order valence-electron chi connectivity index (χ4n) is 1.60. The van der Waals surface area contributed by atoms with Gasteiger partial charge in [-0.2, -0.15) is 0 Å². The SMILES string of the molecule is ON=Cc1ccc(OCc2c(Cl)cccc2Cl)c(Br)c1. The van der Waals surface area contributed by atoms with E-state index in [0.717, 1.165) is 15.6 Å². The molecule has 2 aromatic rings. The molecular formula is C14H10BrCl2NO2. The molecule has 0 saturated carbocycles. The van der Waals surface area contributed by atoms with Crippen LogP contribution in [0.1, 0.15) is 11.1 Å². The van der Waals surface area contributed by atoms with Crippen molar-refractivity contribution in [2.24, 2.45) is 5.16 Å².